The summed E-state index contributed by atoms with van der Waals surface area (Å²) in [5.41, 5.74) is 0. The maximum Gasteiger partial charge on any atom is 0.220 e. The van der Waals surface area contributed by atoms with Crippen molar-refractivity contribution in [1.82, 2.24) is 5.32 Å². The number of allylic oxidation sites excluding steroid dienone is 3. The number of aliphatic hydroxyl groups excluding tert-OH is 5. The molecule has 9 heteroatoms. The van der Waals surface area contributed by atoms with Crippen LogP contribution in [0, 0.1) is 0 Å². The number of ether oxygens (including phenoxy) is 2. The fraction of sp³-hybridized carbons (Fsp3) is 0.917. The van der Waals surface area contributed by atoms with Crippen molar-refractivity contribution in [2.24, 2.45) is 0 Å². The van der Waals surface area contributed by atoms with Gasteiger partial charge in [0.1, 0.15) is 24.4 Å². The maximum atomic E-state index is 13.1. The molecule has 7 atom stereocenters. The van der Waals surface area contributed by atoms with Gasteiger partial charge >= 0.3 is 0 Å². The molecule has 0 aromatic heterocycles. The molecule has 1 rings (SSSR count). The first-order valence-electron chi connectivity index (χ1n) is 30.1. The van der Waals surface area contributed by atoms with Crippen molar-refractivity contribution < 1.29 is 39.8 Å². The van der Waals surface area contributed by atoms with Gasteiger partial charge in [0.25, 0.3) is 0 Å². The molecule has 9 nitrogen and oxygen atoms in total. The fourth-order valence-corrected chi connectivity index (χ4v) is 9.74. The Morgan fingerprint density at radius 2 is 0.812 bits per heavy atom. The Morgan fingerprint density at radius 3 is 1.17 bits per heavy atom. The third-order valence-electron chi connectivity index (χ3n) is 14.5. The molecule has 0 bridgehead atoms. The van der Waals surface area contributed by atoms with E-state index in [-0.39, 0.29) is 12.5 Å². The average Bonchev–Trinajstić information content (AvgIpc) is 3.35. The molecule has 0 aromatic rings. The van der Waals surface area contributed by atoms with E-state index in [0.29, 0.717) is 6.42 Å². The minimum atomic E-state index is -1.57. The van der Waals surface area contributed by atoms with Crippen LogP contribution in [-0.2, 0) is 14.3 Å². The molecule has 0 spiro atoms. The Bertz CT molecular complexity index is 1130. The summed E-state index contributed by atoms with van der Waals surface area (Å²) in [6.07, 6.45) is 56.7. The number of amides is 1. The predicted octanol–water partition coefficient (Wildman–Crippen LogP) is 15.0. The highest BCUT2D eigenvalue weighted by molar-refractivity contribution is 5.76. The SMILES string of the molecule is CCCCCCCCCC/C=C\CCCCCCCCCCCC(=O)NC(COC1OC(CO)C(O)C(O)C1O)C(O)/C=C/CCCCCCCCCCCCCCCCCCCCCCCCC. The van der Waals surface area contributed by atoms with Crippen molar-refractivity contribution >= 4 is 5.91 Å². The van der Waals surface area contributed by atoms with E-state index in [1.54, 1.807) is 6.08 Å². The van der Waals surface area contributed by atoms with Gasteiger partial charge in [-0.3, -0.25) is 4.79 Å². The van der Waals surface area contributed by atoms with Crippen LogP contribution in [-0.4, -0.2) is 87.5 Å². The minimum absolute atomic E-state index is 0.175. The van der Waals surface area contributed by atoms with Crippen molar-refractivity contribution in [3.05, 3.63) is 24.3 Å². The molecule has 0 radical (unpaired) electrons. The number of carbonyl (C=O) groups is 1. The van der Waals surface area contributed by atoms with Gasteiger partial charge in [0.15, 0.2) is 6.29 Å². The van der Waals surface area contributed by atoms with Gasteiger partial charge in [-0.05, 0) is 44.9 Å². The van der Waals surface area contributed by atoms with E-state index in [0.717, 1.165) is 38.5 Å². The zero-order valence-corrected chi connectivity index (χ0v) is 45.3. The molecule has 1 aliphatic heterocycles. The lowest BCUT2D eigenvalue weighted by Crippen LogP contribution is -2.60. The molecule has 7 unspecified atom stereocenters. The minimum Gasteiger partial charge on any atom is -0.394 e. The van der Waals surface area contributed by atoms with Crippen molar-refractivity contribution in [1.29, 1.82) is 0 Å². The van der Waals surface area contributed by atoms with Crippen LogP contribution in [0.1, 0.15) is 296 Å². The summed E-state index contributed by atoms with van der Waals surface area (Å²) in [6.45, 7) is 3.82. The summed E-state index contributed by atoms with van der Waals surface area (Å²) >= 11 is 0. The maximum absolute atomic E-state index is 13.1. The Balaban J connectivity index is 2.21. The highest BCUT2D eigenvalue weighted by Crippen LogP contribution is 2.23. The van der Waals surface area contributed by atoms with Gasteiger partial charge in [-0.1, -0.05) is 269 Å². The average molecular weight is 979 g/mol. The summed E-state index contributed by atoms with van der Waals surface area (Å²) in [5, 5.41) is 54.6. The number of unbranched alkanes of at least 4 members (excludes halogenated alkanes) is 40. The molecule has 1 heterocycles. The quantitative estimate of drug-likeness (QED) is 0.0261. The smallest absolute Gasteiger partial charge is 0.220 e. The number of hydrogen-bond donors (Lipinski definition) is 6. The van der Waals surface area contributed by atoms with Gasteiger partial charge in [-0.25, -0.2) is 0 Å². The second-order valence-electron chi connectivity index (χ2n) is 21.1. The molecule has 0 aliphatic carbocycles. The summed E-state index contributed by atoms with van der Waals surface area (Å²) in [6, 6.07) is -0.805. The van der Waals surface area contributed by atoms with E-state index in [4.69, 9.17) is 9.47 Å². The van der Waals surface area contributed by atoms with Crippen LogP contribution >= 0.6 is 0 Å². The molecule has 1 amide bonds. The first-order valence-corrected chi connectivity index (χ1v) is 30.1. The Morgan fingerprint density at radius 1 is 0.478 bits per heavy atom. The molecule has 1 saturated heterocycles. The summed E-state index contributed by atoms with van der Waals surface area (Å²) in [4.78, 5) is 13.1. The van der Waals surface area contributed by atoms with Gasteiger partial charge < -0.3 is 40.3 Å². The summed E-state index contributed by atoms with van der Waals surface area (Å²) in [5.74, 6) is -0.175. The summed E-state index contributed by atoms with van der Waals surface area (Å²) in [7, 11) is 0. The van der Waals surface area contributed by atoms with Crippen LogP contribution < -0.4 is 5.32 Å². The van der Waals surface area contributed by atoms with Crippen molar-refractivity contribution in [2.75, 3.05) is 13.2 Å². The number of carbonyl (C=O) groups excluding carboxylic acids is 1. The van der Waals surface area contributed by atoms with E-state index < -0.39 is 49.5 Å². The molecule has 0 saturated carbocycles. The third kappa shape index (κ3) is 39.8. The van der Waals surface area contributed by atoms with E-state index in [1.165, 1.54) is 238 Å². The molecule has 0 aromatic carbocycles. The van der Waals surface area contributed by atoms with Crippen LogP contribution in [0.25, 0.3) is 0 Å². The topological polar surface area (TPSA) is 149 Å². The van der Waals surface area contributed by atoms with E-state index in [9.17, 15) is 30.3 Å². The van der Waals surface area contributed by atoms with Gasteiger partial charge in [-0.15, -0.1) is 0 Å². The van der Waals surface area contributed by atoms with Gasteiger partial charge in [0.05, 0.1) is 25.4 Å². The standard InChI is InChI=1S/C60H115NO8/c1-3-5-7-9-11-13-15-17-19-21-23-25-26-27-28-30-31-33-35-37-39-41-43-45-47-49-54(63)53(52-68-60-59(67)58(66)57(65)55(51-62)69-60)61-56(64)50-48-46-44-42-40-38-36-34-32-29-24-22-20-18-16-14-12-10-8-6-4-2/h22,24,47,49,53-55,57-60,62-63,65-67H,3-21,23,25-46,48,50-52H2,1-2H3,(H,61,64)/b24-22-,49-47+. The van der Waals surface area contributed by atoms with Crippen molar-refractivity contribution in [3.8, 4) is 0 Å². The second-order valence-corrected chi connectivity index (χ2v) is 21.1. The number of rotatable bonds is 52. The van der Waals surface area contributed by atoms with Crippen LogP contribution in [0.2, 0.25) is 0 Å². The fourth-order valence-electron chi connectivity index (χ4n) is 9.74. The zero-order valence-electron chi connectivity index (χ0n) is 45.3. The first kappa shape index (κ1) is 65.7. The predicted molar refractivity (Wildman–Crippen MR) is 290 cm³/mol. The van der Waals surface area contributed by atoms with E-state index in [1.807, 2.05) is 6.08 Å². The van der Waals surface area contributed by atoms with Crippen LogP contribution in [0.4, 0.5) is 0 Å². The third-order valence-corrected chi connectivity index (χ3v) is 14.5. The highest BCUT2D eigenvalue weighted by Gasteiger charge is 2.44. The largest absolute Gasteiger partial charge is 0.394 e. The van der Waals surface area contributed by atoms with Gasteiger partial charge in [-0.2, -0.15) is 0 Å². The highest BCUT2D eigenvalue weighted by atomic mass is 16.7. The van der Waals surface area contributed by atoms with Gasteiger partial charge in [0, 0.05) is 6.42 Å². The Labute approximate surface area is 426 Å². The van der Waals surface area contributed by atoms with E-state index >= 15 is 0 Å². The molecule has 69 heavy (non-hydrogen) atoms. The lowest BCUT2D eigenvalue weighted by Gasteiger charge is -2.40. The lowest BCUT2D eigenvalue weighted by molar-refractivity contribution is -0.302. The zero-order chi connectivity index (χ0) is 50.1. The molecule has 1 fully saturated rings. The van der Waals surface area contributed by atoms with Crippen molar-refractivity contribution in [2.45, 2.75) is 339 Å². The monoisotopic (exact) mass is 978 g/mol. The van der Waals surface area contributed by atoms with Crippen molar-refractivity contribution in [3.63, 3.8) is 0 Å². The van der Waals surface area contributed by atoms with Crippen LogP contribution in [0.5, 0.6) is 0 Å². The van der Waals surface area contributed by atoms with Crippen LogP contribution in [0.15, 0.2) is 24.3 Å². The van der Waals surface area contributed by atoms with Gasteiger partial charge in [0.2, 0.25) is 5.91 Å². The lowest BCUT2D eigenvalue weighted by atomic mass is 9.99. The van der Waals surface area contributed by atoms with E-state index in [2.05, 4.69) is 31.3 Å². The Kier molecular flexibility index (Phi) is 47.8. The normalized spacial score (nSPS) is 19.6. The second kappa shape index (κ2) is 50.2. The molecule has 1 aliphatic rings. The van der Waals surface area contributed by atoms with Crippen LogP contribution in [0.3, 0.4) is 0 Å². The molecular weight excluding hydrogens is 863 g/mol. The number of aliphatic hydroxyl groups is 5. The molecular formula is C60H115NO8. The molecule has 6 N–H and O–H groups in total. The number of hydrogen-bond acceptors (Lipinski definition) is 8. The number of nitrogens with one attached hydrogen (secondary N) is 1. The summed E-state index contributed by atoms with van der Waals surface area (Å²) < 4.78 is 11.3. The first-order chi connectivity index (χ1) is 33.8. The Hall–Kier alpha value is -1.33. The molecule has 408 valence electrons.